The number of nitrogens with zero attached hydrogens (tertiary/aromatic N) is 1. The van der Waals surface area contributed by atoms with Gasteiger partial charge in [0.1, 0.15) is 5.82 Å². The number of carbonyl (C=O) groups excluding carboxylic acids is 1. The molecular weight excluding hydrogens is 338 g/mol. The van der Waals surface area contributed by atoms with E-state index in [2.05, 4.69) is 21.7 Å². The summed E-state index contributed by atoms with van der Waals surface area (Å²) in [5.41, 5.74) is 4.10. The second-order valence-electron chi connectivity index (χ2n) is 6.55. The van der Waals surface area contributed by atoms with Crippen LogP contribution in [0.4, 0.5) is 17.2 Å². The van der Waals surface area contributed by atoms with Crippen molar-refractivity contribution in [3.05, 3.63) is 72.9 Å². The van der Waals surface area contributed by atoms with Crippen molar-refractivity contribution in [3.63, 3.8) is 0 Å². The molecule has 27 heavy (non-hydrogen) atoms. The van der Waals surface area contributed by atoms with Crippen LogP contribution in [0.5, 0.6) is 0 Å². The average molecular weight is 359 g/mol. The van der Waals surface area contributed by atoms with Crippen LogP contribution in [0, 0.1) is 5.92 Å². The van der Waals surface area contributed by atoms with Crippen molar-refractivity contribution in [1.82, 2.24) is 4.98 Å². The highest BCUT2D eigenvalue weighted by molar-refractivity contribution is 5.92. The van der Waals surface area contributed by atoms with Crippen LogP contribution in [0.25, 0.3) is 11.1 Å². The summed E-state index contributed by atoms with van der Waals surface area (Å²) in [5.74, 6) is 0.441. The van der Waals surface area contributed by atoms with Crippen LogP contribution in [-0.2, 0) is 9.53 Å². The molecule has 2 aromatic carbocycles. The molecule has 4 rings (SSSR count). The summed E-state index contributed by atoms with van der Waals surface area (Å²) in [6.45, 7) is 1.13. The van der Waals surface area contributed by atoms with Gasteiger partial charge in [-0.05, 0) is 53.9 Å². The number of hydrogen-bond acceptors (Lipinski definition) is 4. The number of amides is 1. The Morgan fingerprint density at radius 3 is 2.59 bits per heavy atom. The van der Waals surface area contributed by atoms with E-state index in [1.807, 2.05) is 60.7 Å². The van der Waals surface area contributed by atoms with Gasteiger partial charge >= 0.3 is 0 Å². The predicted octanol–water partition coefficient (Wildman–Crippen LogP) is 4.47. The lowest BCUT2D eigenvalue weighted by Crippen LogP contribution is -2.23. The largest absolute Gasteiger partial charge is 0.381 e. The van der Waals surface area contributed by atoms with Gasteiger partial charge in [-0.3, -0.25) is 4.79 Å². The maximum Gasteiger partial charge on any atom is 0.231 e. The number of rotatable bonds is 5. The number of carbonyl (C=O) groups is 1. The molecule has 1 atom stereocenters. The van der Waals surface area contributed by atoms with Gasteiger partial charge in [0.15, 0.2) is 0 Å². The lowest BCUT2D eigenvalue weighted by atomic mass is 10.1. The number of benzene rings is 2. The van der Waals surface area contributed by atoms with Gasteiger partial charge in [0.25, 0.3) is 0 Å². The minimum atomic E-state index is -0.0890. The summed E-state index contributed by atoms with van der Waals surface area (Å²) in [6.07, 6.45) is 2.48. The van der Waals surface area contributed by atoms with Crippen LogP contribution >= 0.6 is 0 Å². The zero-order valence-corrected chi connectivity index (χ0v) is 14.9. The molecule has 0 aliphatic carbocycles. The second-order valence-corrected chi connectivity index (χ2v) is 6.55. The Morgan fingerprint density at radius 1 is 0.963 bits per heavy atom. The molecule has 0 bridgehead atoms. The van der Waals surface area contributed by atoms with Crippen molar-refractivity contribution in [1.29, 1.82) is 0 Å². The van der Waals surface area contributed by atoms with Gasteiger partial charge in [-0.25, -0.2) is 4.98 Å². The number of pyridine rings is 1. The maximum atomic E-state index is 12.3. The van der Waals surface area contributed by atoms with Gasteiger partial charge in [0, 0.05) is 24.2 Å². The number of hydrogen-bond donors (Lipinski definition) is 2. The molecule has 1 amide bonds. The molecule has 0 saturated carbocycles. The molecule has 3 aromatic rings. The SMILES string of the molecule is O=C(Nc1cc(-c2cccc(Nc3ccccc3)c2)ccn1)C1CCOC1. The minimum Gasteiger partial charge on any atom is -0.381 e. The average Bonchev–Trinajstić information content (AvgIpc) is 3.24. The first-order valence-corrected chi connectivity index (χ1v) is 9.05. The molecule has 1 aromatic heterocycles. The molecule has 2 heterocycles. The Bertz CT molecular complexity index is 922. The Morgan fingerprint density at radius 2 is 1.78 bits per heavy atom. The number of nitrogens with one attached hydrogen (secondary N) is 2. The summed E-state index contributed by atoms with van der Waals surface area (Å²) in [6, 6.07) is 22.0. The zero-order valence-electron chi connectivity index (χ0n) is 14.9. The Balaban J connectivity index is 1.51. The molecule has 5 nitrogen and oxygen atoms in total. The highest BCUT2D eigenvalue weighted by Gasteiger charge is 2.23. The third-order valence-corrected chi connectivity index (χ3v) is 4.57. The van der Waals surface area contributed by atoms with Crippen LogP contribution in [0.1, 0.15) is 6.42 Å². The summed E-state index contributed by atoms with van der Waals surface area (Å²) in [7, 11) is 0. The van der Waals surface area contributed by atoms with Gasteiger partial charge in [-0.15, -0.1) is 0 Å². The van der Waals surface area contributed by atoms with Crippen LogP contribution < -0.4 is 10.6 Å². The van der Waals surface area contributed by atoms with E-state index < -0.39 is 0 Å². The Kier molecular flexibility index (Phi) is 5.12. The van der Waals surface area contributed by atoms with E-state index in [-0.39, 0.29) is 11.8 Å². The molecule has 1 unspecified atom stereocenters. The number of aromatic nitrogens is 1. The summed E-state index contributed by atoms with van der Waals surface area (Å²) >= 11 is 0. The van der Waals surface area contributed by atoms with Gasteiger partial charge in [0.05, 0.1) is 12.5 Å². The third kappa shape index (κ3) is 4.33. The lowest BCUT2D eigenvalue weighted by Gasteiger charge is -2.11. The van der Waals surface area contributed by atoms with Crippen molar-refractivity contribution >= 4 is 23.1 Å². The monoisotopic (exact) mass is 359 g/mol. The Labute approximate surface area is 158 Å². The van der Waals surface area contributed by atoms with Crippen molar-refractivity contribution in [2.45, 2.75) is 6.42 Å². The summed E-state index contributed by atoms with van der Waals surface area (Å²) in [5, 5.41) is 6.30. The standard InChI is InChI=1S/C22H21N3O2/c26-22(18-10-12-27-15-18)25-21-14-17(9-11-23-21)16-5-4-8-20(13-16)24-19-6-2-1-3-7-19/h1-9,11,13-14,18,24H,10,12,15H2,(H,23,25,26). The molecule has 2 N–H and O–H groups in total. The van der Waals surface area contributed by atoms with E-state index in [0.29, 0.717) is 19.0 Å². The van der Waals surface area contributed by atoms with Gasteiger partial charge in [0.2, 0.25) is 5.91 Å². The van der Waals surface area contributed by atoms with E-state index in [9.17, 15) is 4.79 Å². The fourth-order valence-corrected chi connectivity index (χ4v) is 3.11. The molecular formula is C22H21N3O2. The second kappa shape index (κ2) is 8.01. The van der Waals surface area contributed by atoms with Crippen LogP contribution in [-0.4, -0.2) is 24.1 Å². The van der Waals surface area contributed by atoms with Crippen LogP contribution in [0.2, 0.25) is 0 Å². The Hall–Kier alpha value is -3.18. The highest BCUT2D eigenvalue weighted by Crippen LogP contribution is 2.26. The fourth-order valence-electron chi connectivity index (χ4n) is 3.11. The maximum absolute atomic E-state index is 12.3. The molecule has 5 heteroatoms. The van der Waals surface area contributed by atoms with Gasteiger partial charge in [-0.1, -0.05) is 30.3 Å². The summed E-state index contributed by atoms with van der Waals surface area (Å²) < 4.78 is 5.28. The fraction of sp³-hybridized carbons (Fsp3) is 0.182. The molecule has 136 valence electrons. The lowest BCUT2D eigenvalue weighted by molar-refractivity contribution is -0.119. The van der Waals surface area contributed by atoms with Gasteiger partial charge in [-0.2, -0.15) is 0 Å². The normalized spacial score (nSPS) is 16.1. The number of ether oxygens (including phenoxy) is 1. The minimum absolute atomic E-state index is 0.0309. The smallest absolute Gasteiger partial charge is 0.231 e. The van der Waals surface area contributed by atoms with E-state index in [1.165, 1.54) is 0 Å². The molecule has 1 aliphatic heterocycles. The first-order valence-electron chi connectivity index (χ1n) is 9.05. The van der Waals surface area contributed by atoms with Crippen molar-refractivity contribution < 1.29 is 9.53 Å². The number of anilines is 3. The van der Waals surface area contributed by atoms with E-state index >= 15 is 0 Å². The van der Waals surface area contributed by atoms with E-state index in [4.69, 9.17) is 4.74 Å². The molecule has 1 aliphatic rings. The zero-order chi connectivity index (χ0) is 18.5. The first kappa shape index (κ1) is 17.2. The molecule has 1 saturated heterocycles. The van der Waals surface area contributed by atoms with E-state index in [0.717, 1.165) is 28.9 Å². The number of para-hydroxylation sites is 1. The van der Waals surface area contributed by atoms with Gasteiger partial charge < -0.3 is 15.4 Å². The quantitative estimate of drug-likeness (QED) is 0.706. The first-order chi connectivity index (χ1) is 13.3. The predicted molar refractivity (Wildman–Crippen MR) is 107 cm³/mol. The van der Waals surface area contributed by atoms with Crippen molar-refractivity contribution in [3.8, 4) is 11.1 Å². The molecule has 1 fully saturated rings. The highest BCUT2D eigenvalue weighted by atomic mass is 16.5. The van der Waals surface area contributed by atoms with E-state index in [1.54, 1.807) is 6.20 Å². The van der Waals surface area contributed by atoms with Crippen molar-refractivity contribution in [2.75, 3.05) is 23.8 Å². The van der Waals surface area contributed by atoms with Crippen LogP contribution in [0.3, 0.4) is 0 Å². The molecule has 0 radical (unpaired) electrons. The summed E-state index contributed by atoms with van der Waals surface area (Å²) in [4.78, 5) is 16.6. The third-order valence-electron chi connectivity index (χ3n) is 4.57. The molecule has 0 spiro atoms. The van der Waals surface area contributed by atoms with Crippen molar-refractivity contribution in [2.24, 2.45) is 5.92 Å². The topological polar surface area (TPSA) is 63.2 Å². The van der Waals surface area contributed by atoms with Crippen LogP contribution in [0.15, 0.2) is 72.9 Å².